The number of piperidine rings is 1. The van der Waals surface area contributed by atoms with Crippen LogP contribution in [-0.2, 0) is 4.79 Å². The Morgan fingerprint density at radius 1 is 0.939 bits per heavy atom. The highest BCUT2D eigenvalue weighted by molar-refractivity contribution is 6.07. The molecule has 1 atom stereocenters. The van der Waals surface area contributed by atoms with Crippen molar-refractivity contribution in [1.29, 1.82) is 0 Å². The Bertz CT molecular complexity index is 1190. The van der Waals surface area contributed by atoms with E-state index in [1.807, 2.05) is 67.5 Å². The van der Waals surface area contributed by atoms with Crippen molar-refractivity contribution in [3.8, 4) is 0 Å². The summed E-state index contributed by atoms with van der Waals surface area (Å²) in [5.41, 5.74) is 7.03. The molecule has 0 bridgehead atoms. The smallest absolute Gasteiger partial charge is 0.269 e. The molecule has 1 saturated heterocycles. The lowest BCUT2D eigenvalue weighted by Gasteiger charge is -2.32. The molecule has 1 unspecified atom stereocenters. The van der Waals surface area contributed by atoms with Gasteiger partial charge in [-0.3, -0.25) is 25.2 Å². The van der Waals surface area contributed by atoms with Crippen LogP contribution in [0.25, 0.3) is 10.8 Å². The Morgan fingerprint density at radius 2 is 1.70 bits per heavy atom. The third-order valence-corrected chi connectivity index (χ3v) is 6.02. The molecule has 1 heterocycles. The van der Waals surface area contributed by atoms with Gasteiger partial charge in [-0.15, -0.1) is 0 Å². The Morgan fingerprint density at radius 3 is 2.52 bits per heavy atom. The summed E-state index contributed by atoms with van der Waals surface area (Å²) in [7, 11) is 3.79. The molecule has 0 spiro atoms. The summed E-state index contributed by atoms with van der Waals surface area (Å²) in [6.07, 6.45) is 1.39. The molecule has 7 nitrogen and oxygen atoms in total. The highest BCUT2D eigenvalue weighted by Gasteiger charge is 2.29. The number of amides is 3. The van der Waals surface area contributed by atoms with E-state index in [9.17, 15) is 14.4 Å². The molecule has 4 rings (SSSR count). The lowest BCUT2D eigenvalue weighted by Crippen LogP contribution is -2.50. The maximum absolute atomic E-state index is 13.2. The first kappa shape index (κ1) is 22.3. The summed E-state index contributed by atoms with van der Waals surface area (Å²) >= 11 is 0. The zero-order chi connectivity index (χ0) is 23.4. The number of carbonyl (C=O) groups excluding carboxylic acids is 3. The highest BCUT2D eigenvalue weighted by atomic mass is 16.2. The normalized spacial score (nSPS) is 15.7. The summed E-state index contributed by atoms with van der Waals surface area (Å²) in [5, 5.41) is 1.92. The zero-order valence-corrected chi connectivity index (χ0v) is 18.9. The molecule has 0 saturated carbocycles. The average Bonchev–Trinajstić information content (AvgIpc) is 2.86. The van der Waals surface area contributed by atoms with E-state index in [4.69, 9.17) is 0 Å². The number of anilines is 1. The first-order valence-corrected chi connectivity index (χ1v) is 11.1. The van der Waals surface area contributed by atoms with E-state index in [1.54, 1.807) is 23.1 Å². The predicted octanol–water partition coefficient (Wildman–Crippen LogP) is 3.22. The molecule has 1 aliphatic rings. The van der Waals surface area contributed by atoms with Crippen LogP contribution >= 0.6 is 0 Å². The van der Waals surface area contributed by atoms with Crippen LogP contribution < -0.4 is 15.8 Å². The largest absolute Gasteiger partial charge is 0.378 e. The van der Waals surface area contributed by atoms with Crippen molar-refractivity contribution in [2.45, 2.75) is 12.8 Å². The van der Waals surface area contributed by atoms with Crippen molar-refractivity contribution in [1.82, 2.24) is 15.8 Å². The quantitative estimate of drug-likeness (QED) is 0.606. The number of nitrogens with zero attached hydrogens (tertiary/aromatic N) is 2. The zero-order valence-electron chi connectivity index (χ0n) is 18.9. The third kappa shape index (κ3) is 4.98. The Labute approximate surface area is 193 Å². The molecule has 0 aromatic heterocycles. The molecule has 3 amide bonds. The maximum Gasteiger partial charge on any atom is 0.269 e. The van der Waals surface area contributed by atoms with Gasteiger partial charge in [-0.2, -0.15) is 0 Å². The summed E-state index contributed by atoms with van der Waals surface area (Å²) in [6.45, 7) is 0.926. The molecule has 33 heavy (non-hydrogen) atoms. The number of nitrogens with one attached hydrogen (secondary N) is 2. The molecule has 3 aromatic carbocycles. The first-order valence-electron chi connectivity index (χ1n) is 11.1. The molecule has 170 valence electrons. The molecular formula is C26H28N4O3. The second kappa shape index (κ2) is 9.73. The number of benzene rings is 3. The SMILES string of the molecule is CN(C)c1cccc(C(=O)NNC(=O)C2CCCN(C(=O)c3cccc4ccccc34)C2)c1. The number of hydrazine groups is 1. The summed E-state index contributed by atoms with van der Waals surface area (Å²) < 4.78 is 0. The Hall–Kier alpha value is -3.87. The third-order valence-electron chi connectivity index (χ3n) is 6.02. The molecule has 1 aliphatic heterocycles. The number of carbonyl (C=O) groups is 3. The first-order chi connectivity index (χ1) is 15.9. The van der Waals surface area contributed by atoms with Crippen LogP contribution in [-0.4, -0.2) is 49.8 Å². The maximum atomic E-state index is 13.2. The molecule has 7 heteroatoms. The van der Waals surface area contributed by atoms with Gasteiger partial charge in [0.15, 0.2) is 0 Å². The molecule has 0 aliphatic carbocycles. The Balaban J connectivity index is 1.39. The van der Waals surface area contributed by atoms with Gasteiger partial charge in [0.1, 0.15) is 0 Å². The van der Waals surface area contributed by atoms with Gasteiger partial charge in [-0.25, -0.2) is 0 Å². The fraction of sp³-hybridized carbons (Fsp3) is 0.269. The fourth-order valence-electron chi connectivity index (χ4n) is 4.18. The monoisotopic (exact) mass is 444 g/mol. The van der Waals surface area contributed by atoms with Crippen LogP contribution in [0.2, 0.25) is 0 Å². The van der Waals surface area contributed by atoms with Gasteiger partial charge in [0.2, 0.25) is 5.91 Å². The highest BCUT2D eigenvalue weighted by Crippen LogP contribution is 2.23. The van der Waals surface area contributed by atoms with E-state index in [0.717, 1.165) is 22.9 Å². The number of hydrogen-bond donors (Lipinski definition) is 2. The van der Waals surface area contributed by atoms with Gasteiger partial charge >= 0.3 is 0 Å². The topological polar surface area (TPSA) is 81.8 Å². The van der Waals surface area contributed by atoms with Crippen LogP contribution in [0.3, 0.4) is 0 Å². The fourth-order valence-corrected chi connectivity index (χ4v) is 4.18. The summed E-state index contributed by atoms with van der Waals surface area (Å²) in [6, 6.07) is 20.6. The van der Waals surface area contributed by atoms with Gasteiger partial charge in [0.05, 0.1) is 5.92 Å². The van der Waals surface area contributed by atoms with E-state index in [0.29, 0.717) is 30.6 Å². The van der Waals surface area contributed by atoms with Crippen LogP contribution in [0.15, 0.2) is 66.7 Å². The lowest BCUT2D eigenvalue weighted by molar-refractivity contribution is -0.127. The van der Waals surface area contributed by atoms with E-state index < -0.39 is 0 Å². The van der Waals surface area contributed by atoms with Crippen LogP contribution in [0.1, 0.15) is 33.6 Å². The van der Waals surface area contributed by atoms with E-state index >= 15 is 0 Å². The number of likely N-dealkylation sites (tertiary alicyclic amines) is 1. The number of hydrogen-bond acceptors (Lipinski definition) is 4. The van der Waals surface area contributed by atoms with Crippen molar-refractivity contribution < 1.29 is 14.4 Å². The van der Waals surface area contributed by atoms with Crippen molar-refractivity contribution in [3.05, 3.63) is 77.9 Å². The van der Waals surface area contributed by atoms with Crippen molar-refractivity contribution >= 4 is 34.2 Å². The number of rotatable bonds is 4. The van der Waals surface area contributed by atoms with Crippen molar-refractivity contribution in [2.24, 2.45) is 5.92 Å². The summed E-state index contributed by atoms with van der Waals surface area (Å²) in [5.74, 6) is -1.13. The molecular weight excluding hydrogens is 416 g/mol. The standard InChI is InChI=1S/C26H28N4O3/c1-29(2)21-12-5-10-19(16-21)24(31)27-28-25(32)20-11-7-15-30(17-20)26(33)23-14-6-9-18-8-3-4-13-22(18)23/h3-6,8-10,12-14,16,20H,7,11,15,17H2,1-2H3,(H,27,31)(H,28,32). The van der Waals surface area contributed by atoms with Gasteiger partial charge in [0.25, 0.3) is 11.8 Å². The van der Waals surface area contributed by atoms with Gasteiger partial charge < -0.3 is 9.80 Å². The number of fused-ring (bicyclic) bond motifs is 1. The van der Waals surface area contributed by atoms with Crippen LogP contribution in [0.5, 0.6) is 0 Å². The minimum atomic E-state index is -0.383. The summed E-state index contributed by atoms with van der Waals surface area (Å²) in [4.78, 5) is 42.1. The van der Waals surface area contributed by atoms with Crippen LogP contribution in [0.4, 0.5) is 5.69 Å². The molecule has 3 aromatic rings. The van der Waals surface area contributed by atoms with Gasteiger partial charge in [0, 0.05) is 44.0 Å². The average molecular weight is 445 g/mol. The lowest BCUT2D eigenvalue weighted by atomic mass is 9.96. The van der Waals surface area contributed by atoms with Crippen LogP contribution in [0, 0.1) is 5.92 Å². The van der Waals surface area contributed by atoms with E-state index in [2.05, 4.69) is 10.9 Å². The van der Waals surface area contributed by atoms with Crippen molar-refractivity contribution in [2.75, 3.05) is 32.1 Å². The van der Waals surface area contributed by atoms with Gasteiger partial charge in [-0.1, -0.05) is 42.5 Å². The second-order valence-electron chi connectivity index (χ2n) is 8.51. The molecule has 2 N–H and O–H groups in total. The van der Waals surface area contributed by atoms with Gasteiger partial charge in [-0.05, 0) is 47.9 Å². The van der Waals surface area contributed by atoms with E-state index in [-0.39, 0.29) is 23.6 Å². The minimum Gasteiger partial charge on any atom is -0.378 e. The van der Waals surface area contributed by atoms with E-state index in [1.165, 1.54) is 0 Å². The minimum absolute atomic E-state index is 0.0752. The molecule has 1 fully saturated rings. The Kier molecular flexibility index (Phi) is 6.58. The van der Waals surface area contributed by atoms with Crippen molar-refractivity contribution in [3.63, 3.8) is 0 Å². The molecule has 0 radical (unpaired) electrons. The second-order valence-corrected chi connectivity index (χ2v) is 8.51. The predicted molar refractivity (Wildman–Crippen MR) is 129 cm³/mol.